The van der Waals surface area contributed by atoms with Gasteiger partial charge in [0.25, 0.3) is 0 Å². The normalized spacial score (nSPS) is 11.6. The molecule has 0 bridgehead atoms. The van der Waals surface area contributed by atoms with Gasteiger partial charge in [0.2, 0.25) is 5.75 Å². The zero-order chi connectivity index (χ0) is 21.1. The maximum Gasteiger partial charge on any atom is 0.317 e. The van der Waals surface area contributed by atoms with Crippen molar-refractivity contribution in [2.75, 3.05) is 20.8 Å². The fourth-order valence-corrected chi connectivity index (χ4v) is 3.14. The van der Waals surface area contributed by atoms with E-state index in [4.69, 9.17) is 14.2 Å². The molecule has 0 fully saturated rings. The highest BCUT2D eigenvalue weighted by atomic mass is 16.5. The van der Waals surface area contributed by atoms with Crippen LogP contribution in [-0.4, -0.2) is 37.7 Å². The van der Waals surface area contributed by atoms with Crippen molar-refractivity contribution in [2.45, 2.75) is 52.4 Å². The van der Waals surface area contributed by atoms with E-state index in [0.717, 1.165) is 32.1 Å². The van der Waals surface area contributed by atoms with Crippen molar-refractivity contribution in [3.05, 3.63) is 29.8 Å². The van der Waals surface area contributed by atoms with Crippen LogP contribution in [0.15, 0.2) is 18.7 Å². The largest absolute Gasteiger partial charge is 0.504 e. The molecular weight excluding hydrogens is 360 g/mol. The number of ketones is 1. The number of esters is 1. The van der Waals surface area contributed by atoms with E-state index in [-0.39, 0.29) is 23.7 Å². The lowest BCUT2D eigenvalue weighted by atomic mass is 9.89. The Hall–Kier alpha value is -2.50. The van der Waals surface area contributed by atoms with Gasteiger partial charge in [-0.3, -0.25) is 9.59 Å². The van der Waals surface area contributed by atoms with Crippen LogP contribution in [0, 0.1) is 12.8 Å². The van der Waals surface area contributed by atoms with Crippen LogP contribution in [0.3, 0.4) is 0 Å². The second-order valence-corrected chi connectivity index (χ2v) is 6.69. The van der Waals surface area contributed by atoms with Crippen LogP contribution in [0.4, 0.5) is 0 Å². The number of rotatable bonds is 13. The summed E-state index contributed by atoms with van der Waals surface area (Å²) in [6.07, 6.45) is 6.78. The molecule has 6 heteroatoms. The molecule has 0 aliphatic rings. The van der Waals surface area contributed by atoms with Crippen LogP contribution in [0.25, 0.3) is 0 Å². The Labute approximate surface area is 167 Å². The first-order chi connectivity index (χ1) is 13.4. The lowest BCUT2D eigenvalue weighted by Crippen LogP contribution is -2.27. The average Bonchev–Trinajstić information content (AvgIpc) is 2.68. The van der Waals surface area contributed by atoms with Crippen LogP contribution >= 0.6 is 0 Å². The molecular formula is C22H32O6. The summed E-state index contributed by atoms with van der Waals surface area (Å²) in [5.41, 5.74) is 0.569. The molecule has 1 aromatic rings. The minimum atomic E-state index is -0.982. The third-order valence-corrected chi connectivity index (χ3v) is 4.63. The molecule has 0 heterocycles. The molecule has 0 amide bonds. The van der Waals surface area contributed by atoms with E-state index in [0.29, 0.717) is 17.7 Å². The Morgan fingerprint density at radius 3 is 2.43 bits per heavy atom. The number of aryl methyl sites for hydroxylation is 1. The molecule has 156 valence electrons. The summed E-state index contributed by atoms with van der Waals surface area (Å²) in [5, 5.41) is 10.6. The summed E-state index contributed by atoms with van der Waals surface area (Å²) in [6.45, 7) is 7.37. The maximum absolute atomic E-state index is 13.2. The van der Waals surface area contributed by atoms with Gasteiger partial charge in [0.1, 0.15) is 12.5 Å². The Balaban J connectivity index is 3.16. The molecule has 0 aromatic heterocycles. The monoisotopic (exact) mass is 392 g/mol. The lowest BCUT2D eigenvalue weighted by molar-refractivity contribution is -0.145. The number of phenols is 1. The number of carbonyl (C=O) groups excluding carboxylic acids is 2. The zero-order valence-corrected chi connectivity index (χ0v) is 17.4. The number of carbonyl (C=O) groups is 2. The molecule has 0 radical (unpaired) electrons. The molecule has 0 aliphatic heterocycles. The minimum Gasteiger partial charge on any atom is -0.504 e. The standard InChI is InChI=1S/C22H32O6/c1-6-8-9-10-11-12-16(22(25)28-13-7-2)19(23)18-15(3)14-17(26-4)21(27-5)20(18)24/h7,14,16,24H,2,6,8-13H2,1,3-5H3. The molecule has 1 unspecified atom stereocenters. The van der Waals surface area contributed by atoms with Gasteiger partial charge in [-0.15, -0.1) is 0 Å². The lowest BCUT2D eigenvalue weighted by Gasteiger charge is -2.19. The number of ether oxygens (including phenoxy) is 3. The third-order valence-electron chi connectivity index (χ3n) is 4.63. The van der Waals surface area contributed by atoms with E-state index in [9.17, 15) is 14.7 Å². The van der Waals surface area contributed by atoms with Gasteiger partial charge >= 0.3 is 5.97 Å². The molecule has 1 rings (SSSR count). The van der Waals surface area contributed by atoms with Gasteiger partial charge in [0, 0.05) is 0 Å². The summed E-state index contributed by atoms with van der Waals surface area (Å²) in [5.74, 6) is -1.99. The van der Waals surface area contributed by atoms with Gasteiger partial charge in [-0.2, -0.15) is 0 Å². The second-order valence-electron chi connectivity index (χ2n) is 6.69. The highest BCUT2D eigenvalue weighted by Crippen LogP contribution is 2.42. The molecule has 1 atom stereocenters. The molecule has 0 spiro atoms. The summed E-state index contributed by atoms with van der Waals surface area (Å²) in [6, 6.07) is 1.61. The van der Waals surface area contributed by atoms with Crippen molar-refractivity contribution in [3.63, 3.8) is 0 Å². The maximum atomic E-state index is 13.2. The number of unbranched alkanes of at least 4 members (excludes halogenated alkanes) is 4. The van der Waals surface area contributed by atoms with E-state index in [1.165, 1.54) is 20.3 Å². The molecule has 0 saturated heterocycles. The number of methoxy groups -OCH3 is 2. The zero-order valence-electron chi connectivity index (χ0n) is 17.4. The van der Waals surface area contributed by atoms with E-state index in [1.54, 1.807) is 13.0 Å². The number of hydrogen-bond donors (Lipinski definition) is 1. The van der Waals surface area contributed by atoms with E-state index >= 15 is 0 Å². The highest BCUT2D eigenvalue weighted by molar-refractivity contribution is 6.11. The number of Topliss-reactive ketones (excluding diaryl/α,β-unsaturated/α-hetero) is 1. The van der Waals surface area contributed by atoms with Crippen LogP contribution in [0.2, 0.25) is 0 Å². The van der Waals surface area contributed by atoms with Crippen LogP contribution in [-0.2, 0) is 9.53 Å². The SMILES string of the molecule is C=CCOC(=O)C(CCCCCCC)C(=O)c1c(C)cc(OC)c(OC)c1O. The van der Waals surface area contributed by atoms with E-state index < -0.39 is 17.7 Å². The van der Waals surface area contributed by atoms with Crippen molar-refractivity contribution in [2.24, 2.45) is 5.92 Å². The summed E-state index contributed by atoms with van der Waals surface area (Å²) < 4.78 is 15.5. The van der Waals surface area contributed by atoms with Gasteiger partial charge in [-0.1, -0.05) is 51.7 Å². The van der Waals surface area contributed by atoms with Crippen molar-refractivity contribution in [1.29, 1.82) is 0 Å². The highest BCUT2D eigenvalue weighted by Gasteiger charge is 2.33. The van der Waals surface area contributed by atoms with Crippen molar-refractivity contribution >= 4 is 11.8 Å². The van der Waals surface area contributed by atoms with Crippen LogP contribution in [0.1, 0.15) is 61.4 Å². The Kier molecular flexibility index (Phi) is 10.1. The molecule has 0 saturated carbocycles. The molecule has 6 nitrogen and oxygen atoms in total. The first-order valence-corrected chi connectivity index (χ1v) is 9.69. The van der Waals surface area contributed by atoms with Gasteiger partial charge < -0.3 is 19.3 Å². The Morgan fingerprint density at radius 2 is 1.86 bits per heavy atom. The predicted molar refractivity (Wildman–Crippen MR) is 108 cm³/mol. The Bertz CT molecular complexity index is 680. The number of phenolic OH excluding ortho intramolecular Hbond substituents is 1. The summed E-state index contributed by atoms with van der Waals surface area (Å²) >= 11 is 0. The third kappa shape index (κ3) is 6.01. The smallest absolute Gasteiger partial charge is 0.317 e. The molecule has 0 aliphatic carbocycles. The van der Waals surface area contributed by atoms with Crippen molar-refractivity contribution < 1.29 is 28.9 Å². The van der Waals surface area contributed by atoms with E-state index in [2.05, 4.69) is 13.5 Å². The van der Waals surface area contributed by atoms with Crippen molar-refractivity contribution in [3.8, 4) is 17.2 Å². The van der Waals surface area contributed by atoms with Crippen LogP contribution in [0.5, 0.6) is 17.2 Å². The molecule has 1 N–H and O–H groups in total. The topological polar surface area (TPSA) is 82.1 Å². The molecule has 28 heavy (non-hydrogen) atoms. The second kappa shape index (κ2) is 12.1. The fourth-order valence-electron chi connectivity index (χ4n) is 3.14. The predicted octanol–water partition coefficient (Wildman–Crippen LogP) is 4.61. The number of benzene rings is 1. The number of hydrogen-bond acceptors (Lipinski definition) is 6. The quantitative estimate of drug-likeness (QED) is 0.174. The van der Waals surface area contributed by atoms with Gasteiger partial charge in [0.15, 0.2) is 17.3 Å². The average molecular weight is 392 g/mol. The summed E-state index contributed by atoms with van der Waals surface area (Å²) in [7, 11) is 2.83. The molecule has 1 aromatic carbocycles. The fraction of sp³-hybridized carbons (Fsp3) is 0.545. The van der Waals surface area contributed by atoms with E-state index in [1.807, 2.05) is 0 Å². The number of aromatic hydroxyl groups is 1. The summed E-state index contributed by atoms with van der Waals surface area (Å²) in [4.78, 5) is 25.7. The Morgan fingerprint density at radius 1 is 1.18 bits per heavy atom. The minimum absolute atomic E-state index is 0.0370. The first-order valence-electron chi connectivity index (χ1n) is 9.69. The van der Waals surface area contributed by atoms with Crippen molar-refractivity contribution in [1.82, 2.24) is 0 Å². The van der Waals surface area contributed by atoms with Gasteiger partial charge in [0.05, 0.1) is 19.8 Å². The van der Waals surface area contributed by atoms with Gasteiger partial charge in [-0.25, -0.2) is 0 Å². The first kappa shape index (κ1) is 23.5. The van der Waals surface area contributed by atoms with Gasteiger partial charge in [-0.05, 0) is 25.0 Å². The van der Waals surface area contributed by atoms with Crippen LogP contribution < -0.4 is 9.47 Å².